The topological polar surface area (TPSA) is 30.7 Å². The maximum atomic E-state index is 13.5. The summed E-state index contributed by atoms with van der Waals surface area (Å²) < 4.78 is 79.1. The van der Waals surface area contributed by atoms with E-state index in [-0.39, 0.29) is 12.1 Å². The SMILES string of the molecule is FC(F)(F)c1ccc(-c2nnn(Cc3ccccc3)c2C(F)(F)F)cc1. The Kier molecular flexibility index (Phi) is 4.47. The third-order valence-electron chi connectivity index (χ3n) is 3.66. The van der Waals surface area contributed by atoms with E-state index in [1.807, 2.05) is 0 Å². The molecular formula is C17H11F6N3. The van der Waals surface area contributed by atoms with Crippen LogP contribution in [-0.2, 0) is 18.9 Å². The lowest BCUT2D eigenvalue weighted by molar-refractivity contribution is -0.143. The van der Waals surface area contributed by atoms with Gasteiger partial charge in [0.1, 0.15) is 5.69 Å². The first-order valence-electron chi connectivity index (χ1n) is 7.38. The summed E-state index contributed by atoms with van der Waals surface area (Å²) in [5, 5.41) is 7.10. The Bertz CT molecular complexity index is 880. The number of halogens is 6. The van der Waals surface area contributed by atoms with E-state index in [0.29, 0.717) is 22.4 Å². The lowest BCUT2D eigenvalue weighted by Crippen LogP contribution is -2.16. The summed E-state index contributed by atoms with van der Waals surface area (Å²) in [5.41, 5.74) is -2.08. The molecule has 1 aromatic heterocycles. The van der Waals surface area contributed by atoms with Gasteiger partial charge in [-0.2, -0.15) is 26.3 Å². The molecule has 0 N–H and O–H groups in total. The van der Waals surface area contributed by atoms with Gasteiger partial charge in [0.25, 0.3) is 0 Å². The Morgan fingerprint density at radius 2 is 1.38 bits per heavy atom. The molecule has 0 radical (unpaired) electrons. The standard InChI is InChI=1S/C17H11F6N3/c18-16(19,20)13-8-6-12(7-9-13)14-15(17(21,22)23)26(25-24-14)10-11-4-2-1-3-5-11/h1-9H,10H2. The second kappa shape index (κ2) is 6.47. The molecule has 0 atom stereocenters. The van der Waals surface area contributed by atoms with Crippen molar-refractivity contribution in [1.29, 1.82) is 0 Å². The molecule has 0 bridgehead atoms. The van der Waals surface area contributed by atoms with Crippen molar-refractivity contribution in [3.63, 3.8) is 0 Å². The monoisotopic (exact) mass is 371 g/mol. The Balaban J connectivity index is 2.02. The van der Waals surface area contributed by atoms with Crippen LogP contribution < -0.4 is 0 Å². The molecule has 1 heterocycles. The highest BCUT2D eigenvalue weighted by Crippen LogP contribution is 2.37. The van der Waals surface area contributed by atoms with E-state index in [2.05, 4.69) is 10.3 Å². The van der Waals surface area contributed by atoms with Gasteiger partial charge in [-0.3, -0.25) is 0 Å². The van der Waals surface area contributed by atoms with Gasteiger partial charge < -0.3 is 0 Å². The van der Waals surface area contributed by atoms with Crippen LogP contribution in [-0.4, -0.2) is 15.0 Å². The fourth-order valence-electron chi connectivity index (χ4n) is 2.47. The highest BCUT2D eigenvalue weighted by atomic mass is 19.4. The van der Waals surface area contributed by atoms with Gasteiger partial charge in [0.2, 0.25) is 0 Å². The van der Waals surface area contributed by atoms with Gasteiger partial charge in [0.05, 0.1) is 12.1 Å². The van der Waals surface area contributed by atoms with E-state index < -0.39 is 29.3 Å². The molecule has 9 heteroatoms. The van der Waals surface area contributed by atoms with Crippen LogP contribution in [0.1, 0.15) is 16.8 Å². The zero-order valence-corrected chi connectivity index (χ0v) is 13.0. The lowest BCUT2D eigenvalue weighted by atomic mass is 10.1. The van der Waals surface area contributed by atoms with Gasteiger partial charge in [-0.25, -0.2) is 4.68 Å². The Morgan fingerprint density at radius 3 is 1.92 bits per heavy atom. The number of aromatic nitrogens is 3. The molecule has 3 nitrogen and oxygen atoms in total. The fourth-order valence-corrected chi connectivity index (χ4v) is 2.47. The zero-order valence-electron chi connectivity index (χ0n) is 13.0. The summed E-state index contributed by atoms with van der Waals surface area (Å²) in [6, 6.07) is 11.7. The van der Waals surface area contributed by atoms with Crippen LogP contribution in [0.25, 0.3) is 11.3 Å². The molecule has 0 saturated heterocycles. The maximum absolute atomic E-state index is 13.5. The molecule has 0 amide bonds. The molecule has 0 aliphatic heterocycles. The smallest absolute Gasteiger partial charge is 0.235 e. The van der Waals surface area contributed by atoms with Gasteiger partial charge in [-0.1, -0.05) is 47.7 Å². The van der Waals surface area contributed by atoms with Crippen molar-refractivity contribution < 1.29 is 26.3 Å². The summed E-state index contributed by atoms with van der Waals surface area (Å²) in [6.45, 7) is -0.163. The normalized spacial score (nSPS) is 12.4. The summed E-state index contributed by atoms with van der Waals surface area (Å²) >= 11 is 0. The van der Waals surface area contributed by atoms with Crippen molar-refractivity contribution in [3.05, 3.63) is 71.4 Å². The zero-order chi connectivity index (χ0) is 18.9. The van der Waals surface area contributed by atoms with Crippen LogP contribution >= 0.6 is 0 Å². The highest BCUT2D eigenvalue weighted by molar-refractivity contribution is 5.62. The number of hydrogen-bond donors (Lipinski definition) is 0. The number of nitrogens with zero attached hydrogens (tertiary/aromatic N) is 3. The average Bonchev–Trinajstić information content (AvgIpc) is 2.99. The molecule has 0 aliphatic rings. The molecule has 3 rings (SSSR count). The first-order chi connectivity index (χ1) is 12.2. The number of benzene rings is 2. The van der Waals surface area contributed by atoms with Crippen molar-refractivity contribution >= 4 is 0 Å². The minimum Gasteiger partial charge on any atom is -0.235 e. The van der Waals surface area contributed by atoms with Crippen molar-refractivity contribution in [2.75, 3.05) is 0 Å². The van der Waals surface area contributed by atoms with E-state index in [9.17, 15) is 26.3 Å². The highest BCUT2D eigenvalue weighted by Gasteiger charge is 2.40. The third-order valence-corrected chi connectivity index (χ3v) is 3.66. The second-order valence-corrected chi connectivity index (χ2v) is 5.50. The molecule has 0 spiro atoms. The van der Waals surface area contributed by atoms with Crippen LogP contribution in [0, 0.1) is 0 Å². The minimum atomic E-state index is -4.77. The van der Waals surface area contributed by atoms with Crippen LogP contribution in [0.4, 0.5) is 26.3 Å². The van der Waals surface area contributed by atoms with Gasteiger partial charge >= 0.3 is 12.4 Å². The number of alkyl halides is 6. The summed E-state index contributed by atoms with van der Waals surface area (Å²) in [7, 11) is 0. The predicted octanol–water partition coefficient (Wildman–Crippen LogP) is 5.03. The first kappa shape index (κ1) is 18.0. The molecule has 0 unspecified atom stereocenters. The molecular weight excluding hydrogens is 360 g/mol. The maximum Gasteiger partial charge on any atom is 0.435 e. The molecule has 136 valence electrons. The first-order valence-corrected chi connectivity index (χ1v) is 7.38. The molecule has 3 aromatic rings. The molecule has 0 saturated carbocycles. The van der Waals surface area contributed by atoms with Gasteiger partial charge in [0, 0.05) is 5.56 Å². The van der Waals surface area contributed by atoms with Gasteiger partial charge in [-0.15, -0.1) is 5.10 Å². The third kappa shape index (κ3) is 3.71. The van der Waals surface area contributed by atoms with Crippen molar-refractivity contribution in [2.24, 2.45) is 0 Å². The number of hydrogen-bond acceptors (Lipinski definition) is 2. The van der Waals surface area contributed by atoms with Gasteiger partial charge in [0.15, 0.2) is 5.69 Å². The van der Waals surface area contributed by atoms with Crippen LogP contribution in [0.3, 0.4) is 0 Å². The quantitative estimate of drug-likeness (QED) is 0.605. The average molecular weight is 371 g/mol. The van der Waals surface area contributed by atoms with Crippen molar-refractivity contribution in [3.8, 4) is 11.3 Å². The van der Waals surface area contributed by atoms with E-state index in [1.165, 1.54) is 0 Å². The van der Waals surface area contributed by atoms with Gasteiger partial charge in [-0.05, 0) is 17.7 Å². The summed E-state index contributed by atoms with van der Waals surface area (Å²) in [6.07, 6.45) is -9.34. The fraction of sp³-hybridized carbons (Fsp3) is 0.176. The predicted molar refractivity (Wildman–Crippen MR) is 81.0 cm³/mol. The molecule has 0 fully saturated rings. The van der Waals surface area contributed by atoms with E-state index in [1.54, 1.807) is 30.3 Å². The Hall–Kier alpha value is -2.84. The summed E-state index contributed by atoms with van der Waals surface area (Å²) in [5.74, 6) is 0. The Morgan fingerprint density at radius 1 is 0.769 bits per heavy atom. The Labute approximate surface area is 143 Å². The van der Waals surface area contributed by atoms with Crippen molar-refractivity contribution in [2.45, 2.75) is 18.9 Å². The largest absolute Gasteiger partial charge is 0.435 e. The van der Waals surface area contributed by atoms with Crippen LogP contribution in [0.5, 0.6) is 0 Å². The van der Waals surface area contributed by atoms with Crippen LogP contribution in [0.15, 0.2) is 54.6 Å². The van der Waals surface area contributed by atoms with E-state index >= 15 is 0 Å². The van der Waals surface area contributed by atoms with E-state index in [0.717, 1.165) is 12.1 Å². The molecule has 0 aliphatic carbocycles. The van der Waals surface area contributed by atoms with Crippen molar-refractivity contribution in [1.82, 2.24) is 15.0 Å². The molecule has 26 heavy (non-hydrogen) atoms. The lowest BCUT2D eigenvalue weighted by Gasteiger charge is -2.12. The second-order valence-electron chi connectivity index (χ2n) is 5.50. The van der Waals surface area contributed by atoms with Crippen LogP contribution in [0.2, 0.25) is 0 Å². The summed E-state index contributed by atoms with van der Waals surface area (Å²) in [4.78, 5) is 0. The van der Waals surface area contributed by atoms with E-state index in [4.69, 9.17) is 0 Å². The molecule has 2 aromatic carbocycles. The minimum absolute atomic E-state index is 0.0929. The number of rotatable bonds is 3.